The summed E-state index contributed by atoms with van der Waals surface area (Å²) in [5, 5.41) is 29.0. The Hall–Kier alpha value is -2.73. The molecule has 1 fully saturated rings. The molecule has 2 atom stereocenters. The summed E-state index contributed by atoms with van der Waals surface area (Å²) in [5.74, 6) is -1.80. The lowest BCUT2D eigenvalue weighted by Crippen LogP contribution is -2.41. The van der Waals surface area contributed by atoms with Crippen LogP contribution in [0.1, 0.15) is 5.56 Å². The standard InChI is InChI=1S/C12H12N4O5/c1-15(10-6-21-5-8(10)12(17)18)11-9(16(19)20)2-7(3-13)4-14-11/h2,4,8,10H,5-6H2,1H3,(H,17,18). The SMILES string of the molecule is CN(c1ncc(C#N)cc1[N+](=O)[O-])C1COCC1C(=O)O. The van der Waals surface area contributed by atoms with Gasteiger partial charge in [-0.05, 0) is 0 Å². The Kier molecular flexibility index (Phi) is 4.00. The van der Waals surface area contributed by atoms with Gasteiger partial charge in [0.25, 0.3) is 0 Å². The van der Waals surface area contributed by atoms with E-state index in [0.717, 1.165) is 6.07 Å². The molecule has 0 bridgehead atoms. The molecule has 1 aliphatic rings. The van der Waals surface area contributed by atoms with E-state index in [0.29, 0.717) is 0 Å². The van der Waals surface area contributed by atoms with Gasteiger partial charge in [-0.3, -0.25) is 14.9 Å². The van der Waals surface area contributed by atoms with Gasteiger partial charge in [0.15, 0.2) is 0 Å². The Morgan fingerprint density at radius 3 is 2.95 bits per heavy atom. The number of nitriles is 1. The number of pyridine rings is 1. The second-order valence-corrected chi connectivity index (χ2v) is 4.60. The number of aliphatic carboxylic acids is 1. The van der Waals surface area contributed by atoms with Gasteiger partial charge in [0, 0.05) is 19.3 Å². The van der Waals surface area contributed by atoms with Gasteiger partial charge >= 0.3 is 11.7 Å². The molecule has 1 aromatic heterocycles. The topological polar surface area (TPSA) is 130 Å². The Morgan fingerprint density at radius 2 is 2.38 bits per heavy atom. The molecule has 21 heavy (non-hydrogen) atoms. The number of nitro groups is 1. The molecule has 2 unspecified atom stereocenters. The van der Waals surface area contributed by atoms with Crippen LogP contribution in [-0.4, -0.2) is 47.3 Å². The van der Waals surface area contributed by atoms with Crippen LogP contribution in [0.15, 0.2) is 12.3 Å². The van der Waals surface area contributed by atoms with E-state index < -0.39 is 22.9 Å². The maximum Gasteiger partial charge on any atom is 0.312 e. The van der Waals surface area contributed by atoms with Crippen molar-refractivity contribution >= 4 is 17.5 Å². The van der Waals surface area contributed by atoms with E-state index in [9.17, 15) is 14.9 Å². The maximum absolute atomic E-state index is 11.2. The predicted octanol–water partition coefficient (Wildman–Crippen LogP) is 0.397. The number of nitrogens with zero attached hydrogens (tertiary/aromatic N) is 4. The minimum Gasteiger partial charge on any atom is -0.481 e. The van der Waals surface area contributed by atoms with Crippen LogP contribution < -0.4 is 4.90 Å². The summed E-state index contributed by atoms with van der Waals surface area (Å²) in [4.78, 5) is 27.0. The van der Waals surface area contributed by atoms with Crippen molar-refractivity contribution in [3.63, 3.8) is 0 Å². The predicted molar refractivity (Wildman–Crippen MR) is 69.7 cm³/mol. The van der Waals surface area contributed by atoms with Gasteiger partial charge in [-0.2, -0.15) is 5.26 Å². The largest absolute Gasteiger partial charge is 0.481 e. The molecule has 0 aromatic carbocycles. The number of likely N-dealkylation sites (N-methyl/N-ethyl adjacent to an activating group) is 1. The van der Waals surface area contributed by atoms with Gasteiger partial charge in [0.1, 0.15) is 12.0 Å². The summed E-state index contributed by atoms with van der Waals surface area (Å²) in [7, 11) is 1.52. The molecule has 1 aliphatic heterocycles. The first-order chi connectivity index (χ1) is 9.95. The summed E-state index contributed by atoms with van der Waals surface area (Å²) < 4.78 is 5.15. The zero-order valence-corrected chi connectivity index (χ0v) is 11.1. The molecule has 1 saturated heterocycles. The van der Waals surface area contributed by atoms with Crippen LogP contribution in [0.2, 0.25) is 0 Å². The molecular formula is C12H12N4O5. The molecule has 0 saturated carbocycles. The molecule has 2 rings (SSSR count). The Bertz CT molecular complexity index is 627. The molecule has 9 heteroatoms. The van der Waals surface area contributed by atoms with E-state index in [1.807, 2.05) is 0 Å². The maximum atomic E-state index is 11.2. The highest BCUT2D eigenvalue weighted by molar-refractivity contribution is 5.73. The van der Waals surface area contributed by atoms with E-state index in [1.165, 1.54) is 18.1 Å². The van der Waals surface area contributed by atoms with Crippen LogP contribution in [0, 0.1) is 27.4 Å². The van der Waals surface area contributed by atoms with Crippen LogP contribution in [0.3, 0.4) is 0 Å². The molecule has 2 heterocycles. The van der Waals surface area contributed by atoms with Crippen molar-refractivity contribution in [2.45, 2.75) is 6.04 Å². The number of rotatable bonds is 4. The monoisotopic (exact) mass is 292 g/mol. The van der Waals surface area contributed by atoms with Crippen LogP contribution >= 0.6 is 0 Å². The van der Waals surface area contributed by atoms with Crippen LogP contribution in [0.4, 0.5) is 11.5 Å². The number of carboxylic acids is 1. The molecule has 1 aromatic rings. The molecule has 1 N–H and O–H groups in total. The zero-order chi connectivity index (χ0) is 15.6. The second kappa shape index (κ2) is 5.72. The fourth-order valence-electron chi connectivity index (χ4n) is 2.23. The van der Waals surface area contributed by atoms with E-state index in [2.05, 4.69) is 4.98 Å². The van der Waals surface area contributed by atoms with E-state index in [4.69, 9.17) is 15.1 Å². The summed E-state index contributed by atoms with van der Waals surface area (Å²) in [5.41, 5.74) is -0.274. The van der Waals surface area contributed by atoms with Gasteiger partial charge in [0.2, 0.25) is 5.82 Å². The quantitative estimate of drug-likeness (QED) is 0.623. The minimum absolute atomic E-state index is 0.0146. The van der Waals surface area contributed by atoms with Crippen LogP contribution in [0.5, 0.6) is 0 Å². The Labute approximate surface area is 119 Å². The first-order valence-electron chi connectivity index (χ1n) is 6.03. The van der Waals surface area contributed by atoms with Crippen molar-refractivity contribution < 1.29 is 19.6 Å². The molecule has 9 nitrogen and oxygen atoms in total. The lowest BCUT2D eigenvalue weighted by Gasteiger charge is -2.26. The fourth-order valence-corrected chi connectivity index (χ4v) is 2.23. The molecule has 0 aliphatic carbocycles. The first-order valence-corrected chi connectivity index (χ1v) is 6.03. The molecule has 0 amide bonds. The lowest BCUT2D eigenvalue weighted by molar-refractivity contribution is -0.384. The van der Waals surface area contributed by atoms with Crippen molar-refractivity contribution in [2.75, 3.05) is 25.2 Å². The smallest absolute Gasteiger partial charge is 0.312 e. The highest BCUT2D eigenvalue weighted by Crippen LogP contribution is 2.30. The molecule has 0 radical (unpaired) electrons. The highest BCUT2D eigenvalue weighted by atomic mass is 16.6. The van der Waals surface area contributed by atoms with Crippen molar-refractivity contribution in [1.82, 2.24) is 4.98 Å². The number of carboxylic acid groups (broad SMARTS) is 1. The lowest BCUT2D eigenvalue weighted by atomic mass is 10.0. The fraction of sp³-hybridized carbons (Fsp3) is 0.417. The number of ether oxygens (including phenoxy) is 1. The molecule has 110 valence electrons. The normalized spacial score (nSPS) is 20.8. The number of carbonyl (C=O) groups is 1. The van der Waals surface area contributed by atoms with Gasteiger partial charge < -0.3 is 14.7 Å². The molecule has 0 spiro atoms. The summed E-state index contributed by atoms with van der Waals surface area (Å²) in [6.07, 6.45) is 1.21. The van der Waals surface area contributed by atoms with Crippen molar-refractivity contribution in [3.8, 4) is 6.07 Å². The Morgan fingerprint density at radius 1 is 1.67 bits per heavy atom. The second-order valence-electron chi connectivity index (χ2n) is 4.60. The third kappa shape index (κ3) is 2.75. The summed E-state index contributed by atoms with van der Waals surface area (Å²) in [6.45, 7) is 0.195. The average molecular weight is 292 g/mol. The van der Waals surface area contributed by atoms with E-state index in [1.54, 1.807) is 6.07 Å². The van der Waals surface area contributed by atoms with Gasteiger partial charge in [0.05, 0.1) is 29.7 Å². The van der Waals surface area contributed by atoms with Crippen LogP contribution in [-0.2, 0) is 9.53 Å². The van der Waals surface area contributed by atoms with Crippen molar-refractivity contribution in [3.05, 3.63) is 27.9 Å². The number of aromatic nitrogens is 1. The van der Waals surface area contributed by atoms with E-state index in [-0.39, 0.29) is 30.3 Å². The molecular weight excluding hydrogens is 280 g/mol. The average Bonchev–Trinajstić information content (AvgIpc) is 2.95. The van der Waals surface area contributed by atoms with Gasteiger partial charge in [-0.1, -0.05) is 0 Å². The van der Waals surface area contributed by atoms with Gasteiger partial charge in [-0.25, -0.2) is 4.98 Å². The summed E-state index contributed by atoms with van der Waals surface area (Å²) >= 11 is 0. The number of anilines is 1. The Balaban J connectivity index is 2.39. The van der Waals surface area contributed by atoms with Gasteiger partial charge in [-0.15, -0.1) is 0 Å². The number of hydrogen-bond acceptors (Lipinski definition) is 7. The third-order valence-electron chi connectivity index (χ3n) is 3.37. The van der Waals surface area contributed by atoms with Crippen molar-refractivity contribution in [1.29, 1.82) is 5.26 Å². The third-order valence-corrected chi connectivity index (χ3v) is 3.37. The summed E-state index contributed by atoms with van der Waals surface area (Å²) in [6, 6.07) is 2.34. The highest BCUT2D eigenvalue weighted by Gasteiger charge is 2.39. The zero-order valence-electron chi connectivity index (χ0n) is 11.1. The number of hydrogen-bond donors (Lipinski definition) is 1. The first kappa shape index (κ1) is 14.7. The van der Waals surface area contributed by atoms with Crippen molar-refractivity contribution in [2.24, 2.45) is 5.92 Å². The van der Waals surface area contributed by atoms with E-state index >= 15 is 0 Å². The minimum atomic E-state index is -1.03. The van der Waals surface area contributed by atoms with Crippen LogP contribution in [0.25, 0.3) is 0 Å².